The second kappa shape index (κ2) is 8.42. The molecule has 2 aromatic heterocycles. The predicted octanol–water partition coefficient (Wildman–Crippen LogP) is 4.58. The molecule has 1 N–H and O–H groups in total. The normalized spacial score (nSPS) is 11.8. The van der Waals surface area contributed by atoms with Crippen LogP contribution in [-0.2, 0) is 0 Å². The number of methoxy groups -OCH3 is 1. The van der Waals surface area contributed by atoms with E-state index in [4.69, 9.17) is 21.1 Å². The van der Waals surface area contributed by atoms with Crippen molar-refractivity contribution in [1.29, 1.82) is 0 Å². The van der Waals surface area contributed by atoms with Crippen molar-refractivity contribution in [2.45, 2.75) is 13.0 Å². The van der Waals surface area contributed by atoms with Gasteiger partial charge in [-0.25, -0.2) is 14.3 Å². The van der Waals surface area contributed by atoms with Gasteiger partial charge in [-0.05, 0) is 55.0 Å². The SMILES string of the molecule is COc1ccc(OC(=O)NC(c2c(C)cccc2Cl)c2cnc3cccnn23)cc1. The minimum absolute atomic E-state index is 0.388. The molecule has 0 spiro atoms. The Kier molecular flexibility index (Phi) is 5.54. The lowest BCUT2D eigenvalue weighted by molar-refractivity contribution is 0.197. The van der Waals surface area contributed by atoms with E-state index in [9.17, 15) is 4.79 Å². The van der Waals surface area contributed by atoms with Gasteiger partial charge in [0, 0.05) is 16.8 Å². The fourth-order valence-electron chi connectivity index (χ4n) is 3.25. The third-order valence-corrected chi connectivity index (χ3v) is 5.02. The van der Waals surface area contributed by atoms with E-state index in [1.54, 1.807) is 60.4 Å². The summed E-state index contributed by atoms with van der Waals surface area (Å²) in [5.41, 5.74) is 2.99. The zero-order valence-corrected chi connectivity index (χ0v) is 17.1. The summed E-state index contributed by atoms with van der Waals surface area (Å²) < 4.78 is 12.3. The largest absolute Gasteiger partial charge is 0.497 e. The van der Waals surface area contributed by atoms with Crippen LogP contribution in [0.3, 0.4) is 0 Å². The minimum Gasteiger partial charge on any atom is -0.497 e. The summed E-state index contributed by atoms with van der Waals surface area (Å²) in [6, 6.07) is 15.3. The number of fused-ring (bicyclic) bond motifs is 1. The molecule has 0 aliphatic rings. The van der Waals surface area contributed by atoms with Crippen LogP contribution in [-0.4, -0.2) is 27.8 Å². The summed E-state index contributed by atoms with van der Waals surface area (Å²) >= 11 is 6.51. The molecule has 7 nitrogen and oxygen atoms in total. The lowest BCUT2D eigenvalue weighted by Crippen LogP contribution is -2.33. The quantitative estimate of drug-likeness (QED) is 0.509. The molecule has 152 valence electrons. The molecule has 4 aromatic rings. The summed E-state index contributed by atoms with van der Waals surface area (Å²) in [5, 5.41) is 7.79. The molecular formula is C22H19ClN4O3. The number of nitrogens with zero attached hydrogens (tertiary/aromatic N) is 3. The molecule has 4 rings (SSSR count). The van der Waals surface area contributed by atoms with E-state index < -0.39 is 12.1 Å². The Bertz CT molecular complexity index is 1170. The van der Waals surface area contributed by atoms with Crippen molar-refractivity contribution in [2.24, 2.45) is 0 Å². The number of aryl methyl sites for hydroxylation is 1. The maximum absolute atomic E-state index is 12.7. The van der Waals surface area contributed by atoms with Crippen LogP contribution in [0.2, 0.25) is 5.02 Å². The predicted molar refractivity (Wildman–Crippen MR) is 113 cm³/mol. The van der Waals surface area contributed by atoms with Crippen molar-refractivity contribution in [3.63, 3.8) is 0 Å². The van der Waals surface area contributed by atoms with Crippen molar-refractivity contribution >= 4 is 23.3 Å². The van der Waals surface area contributed by atoms with Crippen molar-refractivity contribution in [3.05, 3.63) is 88.8 Å². The number of halogens is 1. The van der Waals surface area contributed by atoms with Gasteiger partial charge in [-0.2, -0.15) is 5.10 Å². The van der Waals surface area contributed by atoms with Gasteiger partial charge in [-0.1, -0.05) is 23.7 Å². The molecule has 2 heterocycles. The molecule has 0 saturated heterocycles. The van der Waals surface area contributed by atoms with Crippen LogP contribution in [0.4, 0.5) is 4.79 Å². The highest BCUT2D eigenvalue weighted by Gasteiger charge is 2.25. The third kappa shape index (κ3) is 3.92. The van der Waals surface area contributed by atoms with E-state index in [1.165, 1.54) is 0 Å². The molecule has 1 atom stereocenters. The molecule has 30 heavy (non-hydrogen) atoms. The zero-order chi connectivity index (χ0) is 21.1. The Morgan fingerprint density at radius 2 is 1.87 bits per heavy atom. The van der Waals surface area contributed by atoms with Gasteiger partial charge in [-0.15, -0.1) is 0 Å². The molecule has 0 aliphatic heterocycles. The fourth-order valence-corrected chi connectivity index (χ4v) is 3.58. The fraction of sp³-hybridized carbons (Fsp3) is 0.136. The molecule has 0 aliphatic carbocycles. The summed E-state index contributed by atoms with van der Waals surface area (Å²) in [4.78, 5) is 17.1. The van der Waals surface area contributed by atoms with E-state index in [2.05, 4.69) is 15.4 Å². The molecule has 2 aromatic carbocycles. The number of benzene rings is 2. The Morgan fingerprint density at radius 1 is 1.10 bits per heavy atom. The number of aromatic nitrogens is 3. The van der Waals surface area contributed by atoms with E-state index in [0.29, 0.717) is 27.9 Å². The molecule has 0 fully saturated rings. The molecule has 8 heteroatoms. The van der Waals surface area contributed by atoms with Crippen LogP contribution in [0, 0.1) is 6.92 Å². The van der Waals surface area contributed by atoms with E-state index >= 15 is 0 Å². The number of amides is 1. The van der Waals surface area contributed by atoms with E-state index in [-0.39, 0.29) is 0 Å². The van der Waals surface area contributed by atoms with Crippen LogP contribution in [0.1, 0.15) is 22.9 Å². The Labute approximate surface area is 178 Å². The summed E-state index contributed by atoms with van der Waals surface area (Å²) in [6.45, 7) is 1.93. The van der Waals surface area contributed by atoms with Gasteiger partial charge in [0.15, 0.2) is 5.65 Å². The standard InChI is InChI=1S/C22H19ClN4O3/c1-14-5-3-6-17(23)20(14)21(18-13-24-19-7-4-12-25-27(18)19)26-22(28)30-16-10-8-15(29-2)9-11-16/h3-13,21H,1-2H3,(H,26,28). The van der Waals surface area contributed by atoms with E-state index in [1.807, 2.05) is 25.1 Å². The maximum Gasteiger partial charge on any atom is 0.413 e. The average molecular weight is 423 g/mol. The number of hydrogen-bond acceptors (Lipinski definition) is 5. The van der Waals surface area contributed by atoms with Gasteiger partial charge in [0.25, 0.3) is 0 Å². The number of nitrogens with one attached hydrogen (secondary N) is 1. The van der Waals surface area contributed by atoms with Gasteiger partial charge in [0.1, 0.15) is 17.5 Å². The van der Waals surface area contributed by atoms with Crippen LogP contribution >= 0.6 is 11.6 Å². The number of rotatable bonds is 5. The molecule has 0 radical (unpaired) electrons. The highest BCUT2D eigenvalue weighted by atomic mass is 35.5. The Hall–Kier alpha value is -3.58. The molecule has 0 bridgehead atoms. The van der Waals surface area contributed by atoms with Crippen LogP contribution in [0.15, 0.2) is 67.0 Å². The first-order chi connectivity index (χ1) is 14.6. The first-order valence-electron chi connectivity index (χ1n) is 9.23. The second-order valence-electron chi connectivity index (χ2n) is 6.59. The first kappa shape index (κ1) is 19.7. The average Bonchev–Trinajstić information content (AvgIpc) is 3.17. The smallest absolute Gasteiger partial charge is 0.413 e. The zero-order valence-electron chi connectivity index (χ0n) is 16.4. The second-order valence-corrected chi connectivity index (χ2v) is 7.00. The minimum atomic E-state index is -0.629. The molecule has 1 amide bonds. The number of imidazole rings is 1. The first-order valence-corrected chi connectivity index (χ1v) is 9.60. The molecular weight excluding hydrogens is 404 g/mol. The summed E-state index contributed by atoms with van der Waals surface area (Å²) in [6.07, 6.45) is 2.70. The van der Waals surface area contributed by atoms with Gasteiger partial charge in [0.2, 0.25) is 0 Å². The van der Waals surface area contributed by atoms with Gasteiger partial charge >= 0.3 is 6.09 Å². The Balaban J connectivity index is 1.69. The number of carbonyl (C=O) groups is 1. The van der Waals surface area contributed by atoms with Crippen LogP contribution in [0.25, 0.3) is 5.65 Å². The lowest BCUT2D eigenvalue weighted by Gasteiger charge is -2.21. The van der Waals surface area contributed by atoms with Crippen molar-refractivity contribution < 1.29 is 14.3 Å². The molecule has 1 unspecified atom stereocenters. The lowest BCUT2D eigenvalue weighted by atomic mass is 9.99. The van der Waals surface area contributed by atoms with Gasteiger partial charge in [0.05, 0.1) is 19.0 Å². The summed E-state index contributed by atoms with van der Waals surface area (Å²) in [7, 11) is 1.57. The number of ether oxygens (including phenoxy) is 2. The highest BCUT2D eigenvalue weighted by Crippen LogP contribution is 2.31. The van der Waals surface area contributed by atoms with Crippen LogP contribution in [0.5, 0.6) is 11.5 Å². The maximum atomic E-state index is 12.7. The van der Waals surface area contributed by atoms with Crippen LogP contribution < -0.4 is 14.8 Å². The number of hydrogen-bond donors (Lipinski definition) is 1. The van der Waals surface area contributed by atoms with Crippen molar-refractivity contribution in [2.75, 3.05) is 7.11 Å². The Morgan fingerprint density at radius 3 is 2.60 bits per heavy atom. The van der Waals surface area contributed by atoms with E-state index in [0.717, 1.165) is 11.1 Å². The topological polar surface area (TPSA) is 77.8 Å². The number of carbonyl (C=O) groups excluding carboxylic acids is 1. The third-order valence-electron chi connectivity index (χ3n) is 4.69. The van der Waals surface area contributed by atoms with Gasteiger partial charge < -0.3 is 14.8 Å². The van der Waals surface area contributed by atoms with Crippen molar-refractivity contribution in [1.82, 2.24) is 19.9 Å². The monoisotopic (exact) mass is 422 g/mol. The van der Waals surface area contributed by atoms with Gasteiger partial charge in [-0.3, -0.25) is 0 Å². The van der Waals surface area contributed by atoms with Crippen molar-refractivity contribution in [3.8, 4) is 11.5 Å². The molecule has 0 saturated carbocycles. The highest BCUT2D eigenvalue weighted by molar-refractivity contribution is 6.31. The summed E-state index contributed by atoms with van der Waals surface area (Å²) in [5.74, 6) is 1.06.